The molecule has 4 rings (SSSR count). The van der Waals surface area contributed by atoms with Gasteiger partial charge in [-0.3, -0.25) is 19.8 Å². The lowest BCUT2D eigenvalue weighted by molar-refractivity contribution is 0.414. The third-order valence-corrected chi connectivity index (χ3v) is 4.50. The molecule has 2 aromatic heterocycles. The first-order valence-electron chi connectivity index (χ1n) is 8.28. The van der Waals surface area contributed by atoms with Gasteiger partial charge in [-0.15, -0.1) is 0 Å². The minimum absolute atomic E-state index is 0.232. The summed E-state index contributed by atoms with van der Waals surface area (Å²) in [6.45, 7) is 0. The summed E-state index contributed by atoms with van der Waals surface area (Å²) in [7, 11) is 3.19. The van der Waals surface area contributed by atoms with Crippen LogP contribution in [0.2, 0.25) is 0 Å². The van der Waals surface area contributed by atoms with Gasteiger partial charge in [-0.25, -0.2) is 0 Å². The molecule has 0 aliphatic heterocycles. The Morgan fingerprint density at radius 3 is 1.78 bits per heavy atom. The SMILES string of the molecule is COc1ccc(-c2[nH]c3c(=O)[nH][nH]c(=O)c3c2-c2ccc(OC)cc2)cc1. The van der Waals surface area contributed by atoms with E-state index in [1.807, 2.05) is 48.5 Å². The number of H-pyrrole nitrogens is 3. The van der Waals surface area contributed by atoms with Crippen molar-refractivity contribution in [3.8, 4) is 33.9 Å². The molecule has 0 saturated carbocycles. The van der Waals surface area contributed by atoms with Gasteiger partial charge in [0.2, 0.25) is 0 Å². The van der Waals surface area contributed by atoms with Gasteiger partial charge in [0.1, 0.15) is 17.0 Å². The molecule has 0 atom stereocenters. The molecule has 4 aromatic rings. The van der Waals surface area contributed by atoms with Crippen molar-refractivity contribution in [2.45, 2.75) is 0 Å². The van der Waals surface area contributed by atoms with Crippen LogP contribution in [0.15, 0.2) is 58.1 Å². The van der Waals surface area contributed by atoms with E-state index in [4.69, 9.17) is 9.47 Å². The fourth-order valence-electron chi connectivity index (χ4n) is 3.16. The van der Waals surface area contributed by atoms with Crippen molar-refractivity contribution in [3.63, 3.8) is 0 Å². The van der Waals surface area contributed by atoms with E-state index < -0.39 is 0 Å². The molecule has 3 N–H and O–H groups in total. The van der Waals surface area contributed by atoms with E-state index in [1.165, 1.54) is 0 Å². The van der Waals surface area contributed by atoms with Gasteiger partial charge in [-0.1, -0.05) is 12.1 Å². The first kappa shape index (κ1) is 16.7. The Balaban J connectivity index is 2.05. The number of benzene rings is 2. The normalized spacial score (nSPS) is 10.9. The van der Waals surface area contributed by atoms with E-state index in [0.717, 1.165) is 16.9 Å². The second-order valence-corrected chi connectivity index (χ2v) is 5.99. The highest BCUT2D eigenvalue weighted by atomic mass is 16.5. The molecule has 0 radical (unpaired) electrons. The van der Waals surface area contributed by atoms with Crippen molar-refractivity contribution < 1.29 is 9.47 Å². The van der Waals surface area contributed by atoms with Gasteiger partial charge in [-0.2, -0.15) is 0 Å². The number of methoxy groups -OCH3 is 2. The van der Waals surface area contributed by atoms with E-state index in [0.29, 0.717) is 22.4 Å². The summed E-state index contributed by atoms with van der Waals surface area (Å²) in [5, 5.41) is 5.07. The first-order chi connectivity index (χ1) is 13.1. The Kier molecular flexibility index (Phi) is 4.04. The Hall–Kier alpha value is -3.74. The summed E-state index contributed by atoms with van der Waals surface area (Å²) >= 11 is 0. The number of ether oxygens (including phenoxy) is 2. The summed E-state index contributed by atoms with van der Waals surface area (Å²) in [6, 6.07) is 14.7. The molecule has 0 bridgehead atoms. The molecule has 0 spiro atoms. The van der Waals surface area contributed by atoms with E-state index in [2.05, 4.69) is 15.2 Å². The molecular formula is C20H17N3O4. The lowest BCUT2D eigenvalue weighted by Crippen LogP contribution is -2.18. The van der Waals surface area contributed by atoms with Gasteiger partial charge in [-0.05, 0) is 47.5 Å². The van der Waals surface area contributed by atoms with E-state index in [1.54, 1.807) is 14.2 Å². The fourth-order valence-corrected chi connectivity index (χ4v) is 3.16. The molecule has 0 amide bonds. The van der Waals surface area contributed by atoms with Gasteiger partial charge in [0, 0.05) is 5.56 Å². The molecule has 136 valence electrons. The van der Waals surface area contributed by atoms with Crippen LogP contribution in [0.4, 0.5) is 0 Å². The van der Waals surface area contributed by atoms with Crippen LogP contribution < -0.4 is 20.6 Å². The molecule has 0 fully saturated rings. The number of fused-ring (bicyclic) bond motifs is 1. The van der Waals surface area contributed by atoms with E-state index in [9.17, 15) is 9.59 Å². The Labute approximate surface area is 153 Å². The van der Waals surface area contributed by atoms with Gasteiger partial charge in [0.05, 0.1) is 25.3 Å². The molecule has 7 heteroatoms. The third kappa shape index (κ3) is 2.79. The molecule has 0 unspecified atom stereocenters. The highest BCUT2D eigenvalue weighted by molar-refractivity contribution is 6.03. The maximum Gasteiger partial charge on any atom is 0.286 e. The lowest BCUT2D eigenvalue weighted by atomic mass is 9.99. The van der Waals surface area contributed by atoms with E-state index >= 15 is 0 Å². The van der Waals surface area contributed by atoms with Crippen LogP contribution in [-0.4, -0.2) is 29.4 Å². The number of nitrogens with one attached hydrogen (secondary N) is 3. The molecular weight excluding hydrogens is 346 g/mol. The van der Waals surface area contributed by atoms with Crippen LogP contribution in [0.3, 0.4) is 0 Å². The summed E-state index contributed by atoms with van der Waals surface area (Å²) in [6.07, 6.45) is 0. The Morgan fingerprint density at radius 2 is 1.22 bits per heavy atom. The second-order valence-electron chi connectivity index (χ2n) is 5.99. The maximum atomic E-state index is 12.5. The van der Waals surface area contributed by atoms with Crippen molar-refractivity contribution in [3.05, 3.63) is 69.2 Å². The lowest BCUT2D eigenvalue weighted by Gasteiger charge is -2.07. The molecule has 27 heavy (non-hydrogen) atoms. The Morgan fingerprint density at radius 1 is 0.704 bits per heavy atom. The second kappa shape index (κ2) is 6.53. The minimum atomic E-state index is -0.390. The average molecular weight is 363 g/mol. The molecule has 7 nitrogen and oxygen atoms in total. The monoisotopic (exact) mass is 363 g/mol. The van der Waals surface area contributed by atoms with Crippen molar-refractivity contribution >= 4 is 10.9 Å². The number of hydrogen-bond acceptors (Lipinski definition) is 4. The van der Waals surface area contributed by atoms with Crippen LogP contribution in [0, 0.1) is 0 Å². The maximum absolute atomic E-state index is 12.5. The summed E-state index contributed by atoms with van der Waals surface area (Å²) < 4.78 is 10.4. The van der Waals surface area contributed by atoms with Crippen molar-refractivity contribution in [1.29, 1.82) is 0 Å². The van der Waals surface area contributed by atoms with Crippen molar-refractivity contribution in [1.82, 2.24) is 15.2 Å². The largest absolute Gasteiger partial charge is 0.497 e. The average Bonchev–Trinajstić information content (AvgIpc) is 3.13. The van der Waals surface area contributed by atoms with E-state index in [-0.39, 0.29) is 16.6 Å². The number of aromatic nitrogens is 3. The predicted octanol–water partition coefficient (Wildman–Crippen LogP) is 2.90. The topological polar surface area (TPSA) is 100.0 Å². The number of rotatable bonds is 4. The zero-order valence-corrected chi connectivity index (χ0v) is 14.8. The zero-order valence-electron chi connectivity index (χ0n) is 14.8. The molecule has 2 heterocycles. The molecule has 0 saturated heterocycles. The standard InChI is InChI=1S/C20H17N3O4/c1-26-13-7-3-11(4-8-13)15-16-18(20(25)23-22-19(16)24)21-17(15)12-5-9-14(27-2)10-6-12/h3-10,21H,1-2H3,(H,22,24)(H,23,25). The van der Waals surface area contributed by atoms with Crippen LogP contribution in [-0.2, 0) is 0 Å². The highest BCUT2D eigenvalue weighted by Gasteiger charge is 2.19. The first-order valence-corrected chi connectivity index (χ1v) is 8.28. The van der Waals surface area contributed by atoms with Gasteiger partial charge in [0.25, 0.3) is 11.1 Å². The van der Waals surface area contributed by atoms with Crippen LogP contribution in [0.25, 0.3) is 33.3 Å². The smallest absolute Gasteiger partial charge is 0.286 e. The van der Waals surface area contributed by atoms with Crippen molar-refractivity contribution in [2.24, 2.45) is 0 Å². The molecule has 0 aliphatic carbocycles. The zero-order chi connectivity index (χ0) is 19.0. The molecule has 2 aromatic carbocycles. The van der Waals surface area contributed by atoms with Crippen LogP contribution >= 0.6 is 0 Å². The fraction of sp³-hybridized carbons (Fsp3) is 0.100. The summed E-state index contributed by atoms with van der Waals surface area (Å²) in [5.74, 6) is 1.42. The predicted molar refractivity (Wildman–Crippen MR) is 104 cm³/mol. The quantitative estimate of drug-likeness (QED) is 0.519. The summed E-state index contributed by atoms with van der Waals surface area (Å²) in [5.41, 5.74) is 2.44. The van der Waals surface area contributed by atoms with Crippen LogP contribution in [0.5, 0.6) is 11.5 Å². The van der Waals surface area contributed by atoms with Gasteiger partial charge < -0.3 is 14.5 Å². The molecule has 0 aliphatic rings. The Bertz CT molecular complexity index is 1220. The number of aromatic amines is 3. The summed E-state index contributed by atoms with van der Waals surface area (Å²) in [4.78, 5) is 27.9. The van der Waals surface area contributed by atoms with Gasteiger partial charge >= 0.3 is 0 Å². The third-order valence-electron chi connectivity index (χ3n) is 4.50. The number of hydrogen-bond donors (Lipinski definition) is 3. The van der Waals surface area contributed by atoms with Gasteiger partial charge in [0.15, 0.2) is 0 Å². The minimum Gasteiger partial charge on any atom is -0.497 e. The highest BCUT2D eigenvalue weighted by Crippen LogP contribution is 2.36. The van der Waals surface area contributed by atoms with Crippen LogP contribution in [0.1, 0.15) is 0 Å². The van der Waals surface area contributed by atoms with Crippen molar-refractivity contribution in [2.75, 3.05) is 14.2 Å².